The first-order valence-corrected chi connectivity index (χ1v) is 15.3. The van der Waals surface area contributed by atoms with Crippen molar-refractivity contribution in [3.63, 3.8) is 0 Å². The number of hydrogen-bond acceptors (Lipinski definition) is 6. The minimum Gasteiger partial charge on any atom is -0.478 e. The second-order valence-electron chi connectivity index (χ2n) is 11.9. The van der Waals surface area contributed by atoms with Crippen molar-refractivity contribution in [2.24, 2.45) is 0 Å². The summed E-state index contributed by atoms with van der Waals surface area (Å²) in [5.74, 6) is 0.0901. The maximum Gasteiger partial charge on any atom is 0.335 e. The third-order valence-electron chi connectivity index (χ3n) is 9.15. The number of benzene rings is 2. The number of carbonyl (C=O) groups excluding carboxylic acids is 1. The Kier molecular flexibility index (Phi) is 8.63. The second-order valence-corrected chi connectivity index (χ2v) is 11.9. The summed E-state index contributed by atoms with van der Waals surface area (Å²) in [4.78, 5) is 36.6. The van der Waals surface area contributed by atoms with Gasteiger partial charge in [-0.25, -0.2) is 14.6 Å². The van der Waals surface area contributed by atoms with Crippen LogP contribution in [0.3, 0.4) is 0 Å². The lowest BCUT2D eigenvalue weighted by molar-refractivity contribution is 0.0493. The molecule has 226 valence electrons. The van der Waals surface area contributed by atoms with Crippen LogP contribution in [-0.4, -0.2) is 81.7 Å². The van der Waals surface area contributed by atoms with Gasteiger partial charge < -0.3 is 24.4 Å². The molecule has 9 heteroatoms. The number of hydrogen-bond donors (Lipinski definition) is 1. The maximum atomic E-state index is 13.9. The molecule has 1 N–H and O–H groups in total. The smallest absolute Gasteiger partial charge is 0.335 e. The SMILES string of the molecule is Cc1cc(Oc2ccc(CN3CCC(N4C(=O)N(C5CCOCC5)C[C@H]4c4ccccc4)CC3)c(C)n2)ccc1C(=O)O. The number of carboxylic acid groups (broad SMARTS) is 1. The van der Waals surface area contributed by atoms with Crippen LogP contribution >= 0.6 is 0 Å². The number of aryl methyl sites for hydroxylation is 2. The lowest BCUT2D eigenvalue weighted by Crippen LogP contribution is -2.48. The van der Waals surface area contributed by atoms with E-state index in [1.54, 1.807) is 25.1 Å². The zero-order valence-corrected chi connectivity index (χ0v) is 24.9. The Hall–Kier alpha value is -3.95. The first-order valence-electron chi connectivity index (χ1n) is 15.3. The van der Waals surface area contributed by atoms with Crippen LogP contribution in [0.2, 0.25) is 0 Å². The van der Waals surface area contributed by atoms with Crippen molar-refractivity contribution in [2.45, 2.75) is 64.2 Å². The number of ether oxygens (including phenoxy) is 2. The van der Waals surface area contributed by atoms with Gasteiger partial charge in [-0.15, -0.1) is 0 Å². The number of carboxylic acids is 1. The van der Waals surface area contributed by atoms with Crippen LogP contribution < -0.4 is 4.74 Å². The lowest BCUT2D eigenvalue weighted by atomic mass is 9.98. The highest BCUT2D eigenvalue weighted by Crippen LogP contribution is 2.37. The highest BCUT2D eigenvalue weighted by atomic mass is 16.5. The Bertz CT molecular complexity index is 1450. The third-order valence-corrected chi connectivity index (χ3v) is 9.15. The molecule has 1 atom stereocenters. The Morgan fingerprint density at radius 1 is 0.977 bits per heavy atom. The fourth-order valence-electron chi connectivity index (χ4n) is 6.74. The molecule has 4 heterocycles. The van der Waals surface area contributed by atoms with Gasteiger partial charge >= 0.3 is 12.0 Å². The number of amides is 2. The number of rotatable bonds is 8. The average Bonchev–Trinajstić information content (AvgIpc) is 3.36. The molecule has 3 saturated heterocycles. The zero-order chi connectivity index (χ0) is 29.9. The number of aromatic carboxylic acids is 1. The van der Waals surface area contributed by atoms with Crippen LogP contribution in [0.4, 0.5) is 4.79 Å². The molecule has 3 aromatic rings. The molecule has 0 radical (unpaired) electrons. The summed E-state index contributed by atoms with van der Waals surface area (Å²) in [5.41, 5.74) is 4.17. The van der Waals surface area contributed by atoms with Gasteiger partial charge in [0, 0.05) is 63.2 Å². The first kappa shape index (κ1) is 29.1. The normalized spacial score (nSPS) is 20.5. The minimum atomic E-state index is -0.952. The quantitative estimate of drug-likeness (QED) is 0.357. The van der Waals surface area contributed by atoms with Gasteiger partial charge in [0.05, 0.1) is 11.6 Å². The van der Waals surface area contributed by atoms with E-state index in [-0.39, 0.29) is 29.7 Å². The molecule has 3 fully saturated rings. The predicted octanol–water partition coefficient (Wildman–Crippen LogP) is 5.81. The molecular formula is C34H40N4O5. The standard InChI is InChI=1S/C34H40N4O5/c1-23-20-29(9-10-30(23)33(39)40)43-32-11-8-26(24(2)35-32)21-36-16-12-28(13-17-36)38-31(25-6-4-3-5-7-25)22-37(34(38)41)27-14-18-42-19-15-27/h3-11,20,27-28,31H,12-19,21-22H2,1-2H3,(H,39,40)/t31-/m0/s1. The summed E-state index contributed by atoms with van der Waals surface area (Å²) in [6.45, 7) is 8.57. The number of aromatic nitrogens is 1. The molecule has 0 saturated carbocycles. The van der Waals surface area contributed by atoms with Gasteiger partial charge in [0.2, 0.25) is 5.88 Å². The highest BCUT2D eigenvalue weighted by Gasteiger charge is 2.45. The molecule has 0 spiro atoms. The molecule has 3 aliphatic rings. The van der Waals surface area contributed by atoms with Crippen molar-refractivity contribution < 1.29 is 24.2 Å². The van der Waals surface area contributed by atoms with Crippen molar-refractivity contribution >= 4 is 12.0 Å². The van der Waals surface area contributed by atoms with Crippen molar-refractivity contribution in [1.29, 1.82) is 0 Å². The first-order chi connectivity index (χ1) is 20.9. The van der Waals surface area contributed by atoms with E-state index in [9.17, 15) is 14.7 Å². The molecule has 0 aliphatic carbocycles. The molecule has 1 aromatic heterocycles. The van der Waals surface area contributed by atoms with Crippen LogP contribution in [-0.2, 0) is 11.3 Å². The fourth-order valence-corrected chi connectivity index (χ4v) is 6.74. The zero-order valence-electron chi connectivity index (χ0n) is 24.9. The van der Waals surface area contributed by atoms with Gasteiger partial charge in [0.15, 0.2) is 0 Å². The number of likely N-dealkylation sites (tertiary alicyclic amines) is 1. The summed E-state index contributed by atoms with van der Waals surface area (Å²) >= 11 is 0. The van der Waals surface area contributed by atoms with E-state index in [2.05, 4.69) is 50.0 Å². The minimum absolute atomic E-state index is 0.0798. The van der Waals surface area contributed by atoms with Crippen molar-refractivity contribution in [3.05, 3.63) is 88.6 Å². The van der Waals surface area contributed by atoms with Crippen LogP contribution in [0.25, 0.3) is 0 Å². The molecule has 43 heavy (non-hydrogen) atoms. The fraction of sp³-hybridized carbons (Fsp3) is 0.441. The Morgan fingerprint density at radius 3 is 2.40 bits per heavy atom. The molecule has 0 bridgehead atoms. The molecule has 3 aliphatic heterocycles. The summed E-state index contributed by atoms with van der Waals surface area (Å²) < 4.78 is 11.5. The van der Waals surface area contributed by atoms with Gasteiger partial charge in [-0.05, 0) is 74.4 Å². The van der Waals surface area contributed by atoms with Crippen molar-refractivity contribution in [3.8, 4) is 11.6 Å². The van der Waals surface area contributed by atoms with Crippen LogP contribution in [0.5, 0.6) is 11.6 Å². The van der Waals surface area contributed by atoms with Crippen LogP contribution in [0, 0.1) is 13.8 Å². The van der Waals surface area contributed by atoms with E-state index in [1.807, 2.05) is 19.1 Å². The topological polar surface area (TPSA) is 95.4 Å². The van der Waals surface area contributed by atoms with Gasteiger partial charge in [0.25, 0.3) is 0 Å². The average molecular weight is 585 g/mol. The number of pyridine rings is 1. The number of nitrogens with zero attached hydrogens (tertiary/aromatic N) is 4. The Balaban J connectivity index is 1.09. The third kappa shape index (κ3) is 6.38. The van der Waals surface area contributed by atoms with E-state index in [4.69, 9.17) is 9.47 Å². The van der Waals surface area contributed by atoms with E-state index in [1.165, 1.54) is 5.56 Å². The molecule has 0 unspecified atom stereocenters. The van der Waals surface area contributed by atoms with E-state index in [0.29, 0.717) is 17.2 Å². The molecular weight excluding hydrogens is 544 g/mol. The summed E-state index contributed by atoms with van der Waals surface area (Å²) in [6, 6.07) is 20.1. The van der Waals surface area contributed by atoms with Gasteiger partial charge in [-0.1, -0.05) is 36.4 Å². The van der Waals surface area contributed by atoms with Gasteiger partial charge in [0.1, 0.15) is 5.75 Å². The summed E-state index contributed by atoms with van der Waals surface area (Å²) in [6.07, 6.45) is 3.70. The van der Waals surface area contributed by atoms with E-state index in [0.717, 1.165) is 76.3 Å². The van der Waals surface area contributed by atoms with Crippen LogP contribution in [0.15, 0.2) is 60.7 Å². The van der Waals surface area contributed by atoms with Gasteiger partial charge in [-0.3, -0.25) is 4.90 Å². The Labute approximate surface area is 253 Å². The van der Waals surface area contributed by atoms with Crippen molar-refractivity contribution in [1.82, 2.24) is 19.7 Å². The maximum absolute atomic E-state index is 13.9. The number of piperidine rings is 1. The lowest BCUT2D eigenvalue weighted by Gasteiger charge is -2.39. The molecule has 9 nitrogen and oxygen atoms in total. The Morgan fingerprint density at radius 2 is 1.72 bits per heavy atom. The van der Waals surface area contributed by atoms with Gasteiger partial charge in [-0.2, -0.15) is 0 Å². The number of carbonyl (C=O) groups is 2. The van der Waals surface area contributed by atoms with E-state index >= 15 is 0 Å². The predicted molar refractivity (Wildman–Crippen MR) is 162 cm³/mol. The number of urea groups is 1. The van der Waals surface area contributed by atoms with Crippen LogP contribution in [0.1, 0.15) is 64.5 Å². The molecule has 2 amide bonds. The summed E-state index contributed by atoms with van der Waals surface area (Å²) in [5, 5.41) is 9.27. The monoisotopic (exact) mass is 584 g/mol. The second kappa shape index (κ2) is 12.7. The highest BCUT2D eigenvalue weighted by molar-refractivity contribution is 5.89. The summed E-state index contributed by atoms with van der Waals surface area (Å²) in [7, 11) is 0. The largest absolute Gasteiger partial charge is 0.478 e. The molecule has 6 rings (SSSR count). The molecule has 2 aromatic carbocycles. The van der Waals surface area contributed by atoms with E-state index < -0.39 is 5.97 Å². The van der Waals surface area contributed by atoms with Crippen molar-refractivity contribution in [2.75, 3.05) is 32.8 Å².